The molecule has 0 aromatic heterocycles. The van der Waals surface area contributed by atoms with Crippen LogP contribution in [0.5, 0.6) is 0 Å². The molecule has 6 heteroatoms. The average Bonchev–Trinajstić information content (AvgIpc) is 2.27. The van der Waals surface area contributed by atoms with Gasteiger partial charge < -0.3 is 11.1 Å². The smallest absolute Gasteiger partial charge is 0.217 e. The largest absolute Gasteiger partial charge is 0.370 e. The van der Waals surface area contributed by atoms with Crippen molar-refractivity contribution < 1.29 is 13.6 Å². The maximum absolute atomic E-state index is 13.5. The van der Waals surface area contributed by atoms with Crippen molar-refractivity contribution in [2.24, 2.45) is 5.73 Å². The van der Waals surface area contributed by atoms with Gasteiger partial charge in [0.2, 0.25) is 5.91 Å². The molecule has 3 N–H and O–H groups in total. The summed E-state index contributed by atoms with van der Waals surface area (Å²) in [5.41, 5.74) is 4.95. The lowest BCUT2D eigenvalue weighted by molar-refractivity contribution is -0.118. The highest BCUT2D eigenvalue weighted by Gasteiger charge is 2.11. The summed E-state index contributed by atoms with van der Waals surface area (Å²) in [5.74, 6) is -1.58. The van der Waals surface area contributed by atoms with E-state index < -0.39 is 11.6 Å². The van der Waals surface area contributed by atoms with Gasteiger partial charge in [-0.2, -0.15) is 0 Å². The Balaban J connectivity index is 2.46. The highest BCUT2D eigenvalue weighted by atomic mass is 79.9. The Morgan fingerprint density at radius 2 is 2.12 bits per heavy atom. The Bertz CT molecular complexity index is 413. The first kappa shape index (κ1) is 14.1. The molecule has 0 aliphatic carbocycles. The van der Waals surface area contributed by atoms with E-state index in [9.17, 15) is 13.6 Å². The molecule has 1 amide bonds. The average molecular weight is 307 g/mol. The monoisotopic (exact) mass is 306 g/mol. The fourth-order valence-electron chi connectivity index (χ4n) is 1.33. The van der Waals surface area contributed by atoms with Crippen LogP contribution in [0.3, 0.4) is 0 Å². The van der Waals surface area contributed by atoms with E-state index in [1.165, 1.54) is 12.1 Å². The predicted octanol–water partition coefficient (Wildman–Crippen LogP) is 2.08. The van der Waals surface area contributed by atoms with Crippen molar-refractivity contribution in [1.82, 2.24) is 5.32 Å². The van der Waals surface area contributed by atoms with Crippen molar-refractivity contribution in [1.29, 1.82) is 0 Å². The van der Waals surface area contributed by atoms with Crippen molar-refractivity contribution >= 4 is 21.8 Å². The van der Waals surface area contributed by atoms with Crippen LogP contribution in [0.2, 0.25) is 0 Å². The van der Waals surface area contributed by atoms with Crippen LogP contribution in [0.15, 0.2) is 16.6 Å². The van der Waals surface area contributed by atoms with Gasteiger partial charge in [-0.3, -0.25) is 4.79 Å². The lowest BCUT2D eigenvalue weighted by Gasteiger charge is -2.07. The summed E-state index contributed by atoms with van der Waals surface area (Å²) in [6.07, 6.45) is 0.809. The third-order valence-electron chi connectivity index (χ3n) is 2.22. The van der Waals surface area contributed by atoms with Gasteiger partial charge >= 0.3 is 0 Å². The van der Waals surface area contributed by atoms with Crippen molar-refractivity contribution in [2.45, 2.75) is 19.4 Å². The minimum absolute atomic E-state index is 0.0153. The first-order valence-electron chi connectivity index (χ1n) is 5.13. The molecule has 1 rings (SSSR count). The quantitative estimate of drug-likeness (QED) is 0.624. The molecule has 1 aromatic carbocycles. The predicted molar refractivity (Wildman–Crippen MR) is 64.2 cm³/mol. The zero-order valence-corrected chi connectivity index (χ0v) is 10.7. The number of primary amides is 1. The molecule has 0 fully saturated rings. The molecule has 0 saturated heterocycles. The van der Waals surface area contributed by atoms with E-state index in [-0.39, 0.29) is 28.9 Å². The van der Waals surface area contributed by atoms with Gasteiger partial charge in [0, 0.05) is 18.5 Å². The highest BCUT2D eigenvalue weighted by molar-refractivity contribution is 9.10. The Kier molecular flexibility index (Phi) is 5.50. The van der Waals surface area contributed by atoms with Crippen LogP contribution >= 0.6 is 15.9 Å². The standard InChI is InChI=1S/C11H13BrF2N2O/c12-8-3-4-9(13)7(11(8)14)6-16-5-1-2-10(15)17/h3-4,16H,1-2,5-6H2,(H2,15,17). The first-order valence-corrected chi connectivity index (χ1v) is 5.93. The number of hydrogen-bond donors (Lipinski definition) is 2. The topological polar surface area (TPSA) is 55.1 Å². The van der Waals surface area contributed by atoms with Crippen molar-refractivity contribution in [3.8, 4) is 0 Å². The SMILES string of the molecule is NC(=O)CCCNCc1c(F)ccc(Br)c1F. The molecule has 0 heterocycles. The second-order valence-electron chi connectivity index (χ2n) is 3.57. The summed E-state index contributed by atoms with van der Waals surface area (Å²) in [7, 11) is 0. The molecule has 0 radical (unpaired) electrons. The fraction of sp³-hybridized carbons (Fsp3) is 0.364. The van der Waals surface area contributed by atoms with E-state index >= 15 is 0 Å². The number of carbonyl (C=O) groups excluding carboxylic acids is 1. The number of benzene rings is 1. The fourth-order valence-corrected chi connectivity index (χ4v) is 1.70. The number of rotatable bonds is 6. The van der Waals surface area contributed by atoms with Crippen LogP contribution in [0.4, 0.5) is 8.78 Å². The Morgan fingerprint density at radius 3 is 2.76 bits per heavy atom. The van der Waals surface area contributed by atoms with Crippen molar-refractivity contribution in [3.63, 3.8) is 0 Å². The molecule has 0 atom stereocenters. The zero-order valence-electron chi connectivity index (χ0n) is 9.10. The molecule has 0 bridgehead atoms. The van der Waals surface area contributed by atoms with Crippen molar-refractivity contribution in [3.05, 3.63) is 33.8 Å². The normalized spacial score (nSPS) is 10.5. The molecule has 0 aliphatic heterocycles. The molecule has 17 heavy (non-hydrogen) atoms. The summed E-state index contributed by atoms with van der Waals surface area (Å²) >= 11 is 2.99. The van der Waals surface area contributed by atoms with E-state index in [4.69, 9.17) is 5.73 Å². The maximum atomic E-state index is 13.5. The molecule has 0 spiro atoms. The zero-order chi connectivity index (χ0) is 12.8. The maximum Gasteiger partial charge on any atom is 0.217 e. The molecule has 3 nitrogen and oxygen atoms in total. The van der Waals surface area contributed by atoms with E-state index in [1.54, 1.807) is 0 Å². The molecule has 1 aromatic rings. The molecular weight excluding hydrogens is 294 g/mol. The number of nitrogens with one attached hydrogen (secondary N) is 1. The van der Waals surface area contributed by atoms with Crippen LogP contribution in [0, 0.1) is 11.6 Å². The minimum Gasteiger partial charge on any atom is -0.370 e. The lowest BCUT2D eigenvalue weighted by atomic mass is 10.2. The molecule has 0 aliphatic rings. The van der Waals surface area contributed by atoms with E-state index in [0.717, 1.165) is 0 Å². The Hall–Kier alpha value is -1.01. The second-order valence-corrected chi connectivity index (χ2v) is 4.42. The molecular formula is C11H13BrF2N2O. The van der Waals surface area contributed by atoms with Crippen LogP contribution in [-0.2, 0) is 11.3 Å². The van der Waals surface area contributed by atoms with Crippen LogP contribution < -0.4 is 11.1 Å². The van der Waals surface area contributed by atoms with Gasteiger partial charge in [-0.15, -0.1) is 0 Å². The Morgan fingerprint density at radius 1 is 1.41 bits per heavy atom. The minimum atomic E-state index is -0.604. The van der Waals surface area contributed by atoms with E-state index in [0.29, 0.717) is 13.0 Å². The van der Waals surface area contributed by atoms with E-state index in [1.807, 2.05) is 0 Å². The lowest BCUT2D eigenvalue weighted by Crippen LogP contribution is -2.19. The van der Waals surface area contributed by atoms with Gasteiger partial charge in [-0.05, 0) is 41.0 Å². The number of hydrogen-bond acceptors (Lipinski definition) is 2. The van der Waals surface area contributed by atoms with Gasteiger partial charge in [0.1, 0.15) is 11.6 Å². The van der Waals surface area contributed by atoms with Crippen molar-refractivity contribution in [2.75, 3.05) is 6.54 Å². The summed E-state index contributed by atoms with van der Waals surface area (Å²) in [4.78, 5) is 10.5. The molecule has 0 unspecified atom stereocenters. The van der Waals surface area contributed by atoms with Crippen LogP contribution in [0.25, 0.3) is 0 Å². The summed E-state index contributed by atoms with van der Waals surface area (Å²) < 4.78 is 27.0. The van der Waals surface area contributed by atoms with Gasteiger partial charge in [-0.25, -0.2) is 8.78 Å². The molecule has 0 saturated carbocycles. The second kappa shape index (κ2) is 6.66. The third-order valence-corrected chi connectivity index (χ3v) is 2.83. The van der Waals surface area contributed by atoms with E-state index in [2.05, 4.69) is 21.2 Å². The van der Waals surface area contributed by atoms with Gasteiger partial charge in [-0.1, -0.05) is 0 Å². The first-order chi connectivity index (χ1) is 8.02. The number of amides is 1. The summed E-state index contributed by atoms with van der Waals surface area (Å²) in [6.45, 7) is 0.560. The molecule has 94 valence electrons. The van der Waals surface area contributed by atoms with Gasteiger partial charge in [0.25, 0.3) is 0 Å². The Labute approximate surface area is 107 Å². The number of nitrogens with two attached hydrogens (primary N) is 1. The number of halogens is 3. The van der Waals surface area contributed by atoms with Crippen LogP contribution in [-0.4, -0.2) is 12.5 Å². The van der Waals surface area contributed by atoms with Crippen LogP contribution in [0.1, 0.15) is 18.4 Å². The van der Waals surface area contributed by atoms with Gasteiger partial charge in [0.15, 0.2) is 0 Å². The summed E-state index contributed by atoms with van der Waals surface area (Å²) in [6, 6.07) is 2.52. The third kappa shape index (κ3) is 4.40. The number of carbonyl (C=O) groups is 1. The highest BCUT2D eigenvalue weighted by Crippen LogP contribution is 2.21. The summed E-state index contributed by atoms with van der Waals surface area (Å²) in [5, 5.41) is 2.86. The van der Waals surface area contributed by atoms with Gasteiger partial charge in [0.05, 0.1) is 4.47 Å².